The number of halogens is 1. The fraction of sp³-hybridized carbons (Fsp3) is 0.611. The van der Waals surface area contributed by atoms with Crippen molar-refractivity contribution >= 4 is 0 Å². The molecule has 0 radical (unpaired) electrons. The summed E-state index contributed by atoms with van der Waals surface area (Å²) in [5.41, 5.74) is 1.06. The normalized spacial score (nSPS) is 21.7. The quantitative estimate of drug-likeness (QED) is 0.852. The Morgan fingerprint density at radius 2 is 1.72 bits per heavy atom. The van der Waals surface area contributed by atoms with E-state index < -0.39 is 0 Å². The maximum absolute atomic E-state index is 13.4. The second-order valence-electron chi connectivity index (χ2n) is 7.21. The van der Waals surface area contributed by atoms with Gasteiger partial charge in [0.25, 0.3) is 0 Å². The molecular formula is C18H25FN6. The maximum atomic E-state index is 13.4. The molecule has 0 unspecified atom stereocenters. The summed E-state index contributed by atoms with van der Waals surface area (Å²) in [5.74, 6) is 0.680. The molecule has 25 heavy (non-hydrogen) atoms. The first-order valence-corrected chi connectivity index (χ1v) is 9.18. The Morgan fingerprint density at radius 1 is 1.04 bits per heavy atom. The number of rotatable bonds is 4. The Bertz CT molecular complexity index is 686. The highest BCUT2D eigenvalue weighted by molar-refractivity contribution is 5.25. The van der Waals surface area contributed by atoms with Gasteiger partial charge in [-0.25, -0.2) is 9.07 Å². The lowest BCUT2D eigenvalue weighted by Crippen LogP contribution is -2.46. The van der Waals surface area contributed by atoms with Crippen LogP contribution in [0.2, 0.25) is 0 Å². The van der Waals surface area contributed by atoms with Gasteiger partial charge in [-0.1, -0.05) is 25.0 Å². The zero-order chi connectivity index (χ0) is 17.2. The zero-order valence-corrected chi connectivity index (χ0v) is 14.7. The van der Waals surface area contributed by atoms with Gasteiger partial charge in [0, 0.05) is 26.2 Å². The highest BCUT2D eigenvalue weighted by Crippen LogP contribution is 2.34. The summed E-state index contributed by atoms with van der Waals surface area (Å²) in [5, 5.41) is 12.7. The van der Waals surface area contributed by atoms with Crippen LogP contribution < -0.4 is 0 Å². The van der Waals surface area contributed by atoms with E-state index in [9.17, 15) is 4.39 Å². The molecule has 0 N–H and O–H groups in total. The molecule has 2 aliphatic rings. The van der Waals surface area contributed by atoms with E-state index in [-0.39, 0.29) is 11.9 Å². The predicted molar refractivity (Wildman–Crippen MR) is 92.6 cm³/mol. The number of piperazine rings is 1. The van der Waals surface area contributed by atoms with Gasteiger partial charge in [0.2, 0.25) is 0 Å². The van der Waals surface area contributed by atoms with Gasteiger partial charge < -0.3 is 4.90 Å². The molecule has 0 spiro atoms. The Morgan fingerprint density at radius 3 is 2.40 bits per heavy atom. The lowest BCUT2D eigenvalue weighted by atomic mass is 10.0. The van der Waals surface area contributed by atoms with Crippen LogP contribution in [0.5, 0.6) is 0 Å². The molecule has 134 valence electrons. The van der Waals surface area contributed by atoms with Crippen LogP contribution in [0.15, 0.2) is 24.3 Å². The Kier molecular flexibility index (Phi) is 4.76. The van der Waals surface area contributed by atoms with E-state index in [1.807, 2.05) is 16.8 Å². The topological polar surface area (TPSA) is 50.1 Å². The largest absolute Gasteiger partial charge is 0.304 e. The van der Waals surface area contributed by atoms with Crippen molar-refractivity contribution in [2.75, 3.05) is 33.2 Å². The van der Waals surface area contributed by atoms with Crippen molar-refractivity contribution in [3.63, 3.8) is 0 Å². The Hall–Kier alpha value is -1.86. The van der Waals surface area contributed by atoms with Crippen LogP contribution in [0.25, 0.3) is 0 Å². The number of hydrogen-bond donors (Lipinski definition) is 0. The molecule has 1 aliphatic heterocycles. The third-order valence-electron chi connectivity index (χ3n) is 5.52. The number of aromatic nitrogens is 4. The summed E-state index contributed by atoms with van der Waals surface area (Å²) in [6.07, 6.45) is 4.74. The molecule has 4 rings (SSSR count). The van der Waals surface area contributed by atoms with Gasteiger partial charge in [0.15, 0.2) is 5.82 Å². The van der Waals surface area contributed by atoms with E-state index in [2.05, 4.69) is 32.4 Å². The molecule has 2 fully saturated rings. The SMILES string of the molecule is CN1CCN([C@@H](c2ccc(F)cc2)c2nnnn2C2CCCC2)CC1. The zero-order valence-electron chi connectivity index (χ0n) is 14.7. The molecule has 1 saturated heterocycles. The van der Waals surface area contributed by atoms with E-state index in [4.69, 9.17) is 0 Å². The van der Waals surface area contributed by atoms with Crippen LogP contribution in [0.4, 0.5) is 4.39 Å². The van der Waals surface area contributed by atoms with E-state index in [0.717, 1.165) is 50.4 Å². The van der Waals surface area contributed by atoms with Gasteiger partial charge in [0.05, 0.1) is 12.1 Å². The molecule has 1 aromatic carbocycles. The summed E-state index contributed by atoms with van der Waals surface area (Å²) in [4.78, 5) is 4.75. The van der Waals surface area contributed by atoms with Gasteiger partial charge in [-0.15, -0.1) is 5.10 Å². The Balaban J connectivity index is 1.70. The maximum Gasteiger partial charge on any atom is 0.173 e. The second kappa shape index (κ2) is 7.17. The van der Waals surface area contributed by atoms with E-state index in [0.29, 0.717) is 6.04 Å². The van der Waals surface area contributed by atoms with Crippen LogP contribution in [0.1, 0.15) is 49.2 Å². The minimum atomic E-state index is -0.212. The first-order valence-electron chi connectivity index (χ1n) is 9.18. The molecule has 1 aromatic heterocycles. The van der Waals surface area contributed by atoms with Crippen molar-refractivity contribution in [3.05, 3.63) is 41.5 Å². The average Bonchev–Trinajstić information content (AvgIpc) is 3.30. The molecule has 1 aliphatic carbocycles. The van der Waals surface area contributed by atoms with Crippen LogP contribution in [0, 0.1) is 5.82 Å². The first-order chi connectivity index (χ1) is 12.2. The van der Waals surface area contributed by atoms with Gasteiger partial charge in [-0.05, 0) is 48.0 Å². The Labute approximate surface area is 147 Å². The van der Waals surface area contributed by atoms with Crippen LogP contribution in [-0.2, 0) is 0 Å². The minimum Gasteiger partial charge on any atom is -0.304 e. The molecular weight excluding hydrogens is 319 g/mol. The van der Waals surface area contributed by atoms with E-state index in [1.54, 1.807) is 0 Å². The van der Waals surface area contributed by atoms with Crippen molar-refractivity contribution in [3.8, 4) is 0 Å². The molecule has 6 nitrogen and oxygen atoms in total. The molecule has 1 saturated carbocycles. The van der Waals surface area contributed by atoms with Gasteiger partial charge in [-0.3, -0.25) is 4.90 Å². The number of hydrogen-bond acceptors (Lipinski definition) is 5. The molecule has 0 bridgehead atoms. The number of likely N-dealkylation sites (N-methyl/N-ethyl adjacent to an activating group) is 1. The summed E-state index contributed by atoms with van der Waals surface area (Å²) < 4.78 is 15.5. The second-order valence-corrected chi connectivity index (χ2v) is 7.21. The van der Waals surface area contributed by atoms with Crippen LogP contribution in [0.3, 0.4) is 0 Å². The average molecular weight is 344 g/mol. The highest BCUT2D eigenvalue weighted by Gasteiger charge is 2.32. The van der Waals surface area contributed by atoms with Crippen LogP contribution in [-0.4, -0.2) is 63.2 Å². The van der Waals surface area contributed by atoms with Gasteiger partial charge in [0.1, 0.15) is 5.82 Å². The standard InChI is InChI=1S/C18H25FN6/c1-23-10-12-24(13-11-23)17(14-6-8-15(19)9-7-14)18-20-21-22-25(18)16-4-2-3-5-16/h6-9,16-17H,2-5,10-13H2,1H3/t17-/m0/s1. The molecule has 7 heteroatoms. The van der Waals surface area contributed by atoms with Crippen molar-refractivity contribution in [2.45, 2.75) is 37.8 Å². The minimum absolute atomic E-state index is 0.0232. The molecule has 2 heterocycles. The summed E-state index contributed by atoms with van der Waals surface area (Å²) in [6.45, 7) is 3.94. The molecule has 2 aromatic rings. The fourth-order valence-corrected chi connectivity index (χ4v) is 4.04. The lowest BCUT2D eigenvalue weighted by molar-refractivity contribution is 0.120. The van der Waals surface area contributed by atoms with Crippen molar-refractivity contribution in [1.82, 2.24) is 30.0 Å². The smallest absolute Gasteiger partial charge is 0.173 e. The number of tetrazole rings is 1. The lowest BCUT2D eigenvalue weighted by Gasteiger charge is -2.37. The summed E-state index contributed by atoms with van der Waals surface area (Å²) >= 11 is 0. The fourth-order valence-electron chi connectivity index (χ4n) is 4.04. The monoisotopic (exact) mass is 344 g/mol. The third kappa shape index (κ3) is 3.43. The van der Waals surface area contributed by atoms with Crippen LogP contribution >= 0.6 is 0 Å². The van der Waals surface area contributed by atoms with Gasteiger partial charge >= 0.3 is 0 Å². The van der Waals surface area contributed by atoms with Crippen molar-refractivity contribution < 1.29 is 4.39 Å². The van der Waals surface area contributed by atoms with E-state index in [1.165, 1.54) is 25.0 Å². The van der Waals surface area contributed by atoms with Crippen molar-refractivity contribution in [2.24, 2.45) is 0 Å². The number of nitrogens with zero attached hydrogens (tertiary/aromatic N) is 6. The number of benzene rings is 1. The predicted octanol–water partition coefficient (Wildman–Crippen LogP) is 2.26. The first kappa shape index (κ1) is 16.6. The van der Waals surface area contributed by atoms with Gasteiger partial charge in [-0.2, -0.15) is 0 Å². The molecule has 0 amide bonds. The highest BCUT2D eigenvalue weighted by atomic mass is 19.1. The third-order valence-corrected chi connectivity index (χ3v) is 5.52. The molecule has 1 atom stereocenters. The summed E-state index contributed by atoms with van der Waals surface area (Å²) in [7, 11) is 2.15. The summed E-state index contributed by atoms with van der Waals surface area (Å²) in [6, 6.07) is 7.16. The van der Waals surface area contributed by atoms with Crippen molar-refractivity contribution in [1.29, 1.82) is 0 Å². The van der Waals surface area contributed by atoms with E-state index >= 15 is 0 Å².